The quantitative estimate of drug-likeness (QED) is 0.273. The van der Waals surface area contributed by atoms with E-state index < -0.39 is 23.9 Å². The minimum Gasteiger partial charge on any atom is -0.271 e. The molecule has 7 rings (SSSR count). The summed E-state index contributed by atoms with van der Waals surface area (Å²) in [6, 6.07) is 19.6. The molecule has 2 fully saturated rings. The van der Waals surface area contributed by atoms with Crippen molar-refractivity contribution in [3.63, 3.8) is 0 Å². The van der Waals surface area contributed by atoms with Crippen molar-refractivity contribution in [2.24, 2.45) is 21.4 Å². The van der Waals surface area contributed by atoms with E-state index in [1.165, 1.54) is 10.0 Å². The van der Waals surface area contributed by atoms with Crippen molar-refractivity contribution >= 4 is 74.3 Å². The Morgan fingerprint density at radius 2 is 1.68 bits per heavy atom. The van der Waals surface area contributed by atoms with E-state index in [1.54, 1.807) is 18.2 Å². The van der Waals surface area contributed by atoms with Crippen LogP contribution >= 0.6 is 39.1 Å². The van der Waals surface area contributed by atoms with Gasteiger partial charge in [-0.3, -0.25) is 19.4 Å². The third-order valence-electron chi connectivity index (χ3n) is 8.40. The van der Waals surface area contributed by atoms with E-state index in [0.29, 0.717) is 15.7 Å². The van der Waals surface area contributed by atoms with Crippen LogP contribution in [0.3, 0.4) is 0 Å². The Hall–Kier alpha value is -3.86. The minimum absolute atomic E-state index is 0.0258. The van der Waals surface area contributed by atoms with E-state index in [1.807, 2.05) is 54.6 Å². The smallest absolute Gasteiger partial charge is 0.264 e. The van der Waals surface area contributed by atoms with Crippen LogP contribution in [0.1, 0.15) is 36.4 Å². The molecule has 44 heavy (non-hydrogen) atoms. The van der Waals surface area contributed by atoms with Gasteiger partial charge in [-0.05, 0) is 84.5 Å². The van der Waals surface area contributed by atoms with Gasteiger partial charge >= 0.3 is 0 Å². The van der Waals surface area contributed by atoms with E-state index in [9.17, 15) is 14.4 Å². The van der Waals surface area contributed by atoms with Crippen molar-refractivity contribution in [3.05, 3.63) is 104 Å². The number of fused-ring (bicyclic) bond motifs is 2. The predicted molar refractivity (Wildman–Crippen MR) is 171 cm³/mol. The van der Waals surface area contributed by atoms with Gasteiger partial charge in [0.05, 0.1) is 17.4 Å². The lowest BCUT2D eigenvalue weighted by Crippen LogP contribution is -2.45. The van der Waals surface area contributed by atoms with Gasteiger partial charge in [0, 0.05) is 20.4 Å². The van der Waals surface area contributed by atoms with Gasteiger partial charge in [-0.25, -0.2) is 9.91 Å². The number of carbonyl (C=O) groups is 3. The van der Waals surface area contributed by atoms with Crippen LogP contribution in [0.15, 0.2) is 98.3 Å². The number of amides is 3. The van der Waals surface area contributed by atoms with E-state index in [-0.39, 0.29) is 24.4 Å². The maximum absolute atomic E-state index is 14.1. The number of nitrogens with zero attached hydrogens (tertiary/aromatic N) is 6. The predicted octanol–water partition coefficient (Wildman–Crippen LogP) is 6.87. The van der Waals surface area contributed by atoms with Crippen molar-refractivity contribution in [1.29, 1.82) is 0 Å². The van der Waals surface area contributed by atoms with Crippen molar-refractivity contribution in [3.8, 4) is 0 Å². The number of imide groups is 1. The molecule has 3 amide bonds. The molecule has 0 bridgehead atoms. The zero-order valence-corrected chi connectivity index (χ0v) is 26.3. The molecule has 3 heterocycles. The van der Waals surface area contributed by atoms with Gasteiger partial charge in [-0.15, -0.1) is 0 Å². The zero-order valence-electron chi connectivity index (χ0n) is 23.2. The van der Waals surface area contributed by atoms with Crippen LogP contribution < -0.4 is 4.90 Å². The number of benzene rings is 3. The van der Waals surface area contributed by atoms with Crippen LogP contribution in [0.5, 0.6) is 0 Å². The summed E-state index contributed by atoms with van der Waals surface area (Å²) in [5.41, 5.74) is 4.29. The van der Waals surface area contributed by atoms with E-state index in [0.717, 1.165) is 51.0 Å². The van der Waals surface area contributed by atoms with Crippen LogP contribution in [-0.4, -0.2) is 52.1 Å². The Bertz CT molecular complexity index is 1760. The zero-order chi connectivity index (χ0) is 30.5. The normalized spacial score (nSPS) is 25.1. The number of rotatable bonds is 5. The molecule has 0 N–H and O–H groups in total. The molecular weight excluding hydrogens is 667 g/mol. The van der Waals surface area contributed by atoms with Gasteiger partial charge in [-0.1, -0.05) is 74.7 Å². The van der Waals surface area contributed by atoms with Gasteiger partial charge in [0.1, 0.15) is 6.54 Å². The van der Waals surface area contributed by atoms with Crippen LogP contribution in [0.25, 0.3) is 6.08 Å². The third-order valence-corrected chi connectivity index (χ3v) is 9.40. The lowest BCUT2D eigenvalue weighted by Gasteiger charge is -2.30. The molecule has 3 aliphatic heterocycles. The Kier molecular flexibility index (Phi) is 7.60. The third kappa shape index (κ3) is 5.14. The summed E-state index contributed by atoms with van der Waals surface area (Å²) in [5, 5.41) is 17.2. The van der Waals surface area contributed by atoms with E-state index in [2.05, 4.69) is 32.3 Å². The molecule has 0 spiro atoms. The van der Waals surface area contributed by atoms with Gasteiger partial charge < -0.3 is 0 Å². The average Bonchev–Trinajstić information content (AvgIpc) is 3.68. The molecule has 3 aromatic rings. The topological polar surface area (TPSA) is 98.0 Å². The molecule has 1 aliphatic carbocycles. The number of carbonyl (C=O) groups excluding carboxylic acids is 3. The van der Waals surface area contributed by atoms with Crippen LogP contribution in [0.4, 0.5) is 5.69 Å². The first-order valence-electron chi connectivity index (χ1n) is 14.2. The molecule has 4 atom stereocenters. The van der Waals surface area contributed by atoms with Crippen molar-refractivity contribution in [1.82, 2.24) is 10.0 Å². The second-order valence-electron chi connectivity index (χ2n) is 11.1. The second-order valence-corrected chi connectivity index (χ2v) is 12.9. The molecule has 0 aromatic heterocycles. The van der Waals surface area contributed by atoms with Crippen LogP contribution in [-0.2, 0) is 14.4 Å². The highest BCUT2D eigenvalue weighted by atomic mass is 79.9. The summed E-state index contributed by atoms with van der Waals surface area (Å²) in [6.45, 7) is -0.264. The monoisotopic (exact) mass is 690 g/mol. The maximum Gasteiger partial charge on any atom is 0.264 e. The maximum atomic E-state index is 14.1. The van der Waals surface area contributed by atoms with Gasteiger partial charge in [0.15, 0.2) is 12.1 Å². The summed E-state index contributed by atoms with van der Waals surface area (Å²) < 4.78 is 0.730. The highest BCUT2D eigenvalue weighted by molar-refractivity contribution is 9.10. The SMILES string of the molecule is O=C1[C@@H]2[C@@H](N=NN2CC(=O)N2N=C3/C(=C/c4ccc(Cl)cc4)CCC[C@@H]3[C@H]2c2ccc(Cl)cc2)C(=O)N1c1cccc(Br)c1. The molecule has 0 radical (unpaired) electrons. The Morgan fingerprint density at radius 1 is 0.955 bits per heavy atom. The molecule has 9 nitrogen and oxygen atoms in total. The number of hydrazone groups is 1. The summed E-state index contributed by atoms with van der Waals surface area (Å²) in [6.07, 6.45) is 4.74. The number of halogens is 3. The van der Waals surface area contributed by atoms with Crippen LogP contribution in [0.2, 0.25) is 10.0 Å². The van der Waals surface area contributed by atoms with E-state index >= 15 is 0 Å². The first-order valence-corrected chi connectivity index (χ1v) is 15.8. The number of hydrogen-bond acceptors (Lipinski definition) is 7. The molecule has 12 heteroatoms. The lowest BCUT2D eigenvalue weighted by atomic mass is 9.77. The fourth-order valence-corrected chi connectivity index (χ4v) is 7.03. The van der Waals surface area contributed by atoms with Crippen LogP contribution in [0, 0.1) is 5.92 Å². The molecule has 3 aromatic carbocycles. The number of allylic oxidation sites excluding steroid dienone is 1. The largest absolute Gasteiger partial charge is 0.271 e. The van der Waals surface area contributed by atoms with Crippen molar-refractivity contribution in [2.75, 3.05) is 11.4 Å². The molecule has 4 aliphatic rings. The summed E-state index contributed by atoms with van der Waals surface area (Å²) in [5.74, 6) is -1.32. The first-order chi connectivity index (χ1) is 21.3. The van der Waals surface area contributed by atoms with Gasteiger partial charge in [0.2, 0.25) is 0 Å². The molecule has 1 saturated carbocycles. The average molecular weight is 692 g/mol. The number of hydrogen-bond donors (Lipinski definition) is 0. The van der Waals surface area contributed by atoms with Gasteiger partial charge in [-0.2, -0.15) is 10.2 Å². The molecule has 222 valence electrons. The number of anilines is 1. The van der Waals surface area contributed by atoms with Crippen molar-refractivity contribution < 1.29 is 14.4 Å². The summed E-state index contributed by atoms with van der Waals surface area (Å²) >= 11 is 15.7. The Balaban J connectivity index is 1.19. The summed E-state index contributed by atoms with van der Waals surface area (Å²) in [4.78, 5) is 41.9. The molecule has 1 saturated heterocycles. The Morgan fingerprint density at radius 3 is 2.41 bits per heavy atom. The lowest BCUT2D eigenvalue weighted by molar-refractivity contribution is -0.136. The standard InChI is InChI=1S/C32H25BrCl2N6O3/c33-21-4-2-5-24(16-21)40-31(43)28-30(32(40)44)39(38-36-28)17-26(42)41-29(19-9-13-23(35)14-10-19)25-6-1-3-20(27(25)37-41)15-18-7-11-22(34)12-8-18/h2,4-5,7-16,25,28-30H,1,3,6,17H2/b20-15+/t25-,28+,29+,30-/m0/s1. The fraction of sp³-hybridized carbons (Fsp3) is 0.250. The minimum atomic E-state index is -1.01. The van der Waals surface area contributed by atoms with E-state index in [4.69, 9.17) is 28.3 Å². The second kappa shape index (κ2) is 11.6. The summed E-state index contributed by atoms with van der Waals surface area (Å²) in [7, 11) is 0. The first kappa shape index (κ1) is 28.9. The highest BCUT2D eigenvalue weighted by Crippen LogP contribution is 2.45. The van der Waals surface area contributed by atoms with Gasteiger partial charge in [0.25, 0.3) is 17.7 Å². The Labute approximate surface area is 271 Å². The molecule has 0 unspecified atom stereocenters. The molecular formula is C32H25BrCl2N6O3. The fourth-order valence-electron chi connectivity index (χ4n) is 6.40. The van der Waals surface area contributed by atoms with Crippen molar-refractivity contribution in [2.45, 2.75) is 37.4 Å². The highest BCUT2D eigenvalue weighted by Gasteiger charge is 2.55.